The van der Waals surface area contributed by atoms with Gasteiger partial charge in [-0.3, -0.25) is 9.59 Å². The lowest BCUT2D eigenvalue weighted by Crippen LogP contribution is -2.71. The fourth-order valence-electron chi connectivity index (χ4n) is 13.1. The molecule has 2 amide bonds. The van der Waals surface area contributed by atoms with E-state index in [2.05, 4.69) is 10.6 Å². The smallest absolute Gasteiger partial charge is 0.364 e. The fourth-order valence-corrected chi connectivity index (χ4v) is 13.1. The number of amides is 2. The largest absolute Gasteiger partial charge is 0.477 e. The van der Waals surface area contributed by atoms with Gasteiger partial charge < -0.3 is 220 Å². The molecular weight excluding hydrogens is 1420 g/mol. The van der Waals surface area contributed by atoms with Crippen molar-refractivity contribution < 1.29 is 223 Å². The highest BCUT2D eigenvalue weighted by molar-refractivity contribution is 5.75. The minimum Gasteiger partial charge on any atom is -0.477 e. The molecule has 8 fully saturated rings. The van der Waals surface area contributed by atoms with Crippen molar-refractivity contribution in [3.8, 4) is 0 Å². The third kappa shape index (κ3) is 18.3. The molecule has 8 aliphatic rings. The number of carbonyl (C=O) groups is 3. The van der Waals surface area contributed by atoms with Crippen LogP contribution in [0.3, 0.4) is 0 Å². The lowest BCUT2D eigenvalue weighted by Gasteiger charge is -2.52. The molecule has 47 heteroatoms. The molecule has 103 heavy (non-hydrogen) atoms. The highest BCUT2D eigenvalue weighted by Gasteiger charge is 2.62. The van der Waals surface area contributed by atoms with E-state index < -0.39 is 334 Å². The fraction of sp³-hybridized carbons (Fsp3) is 0.946. The predicted molar refractivity (Wildman–Crippen MR) is 311 cm³/mol. The Morgan fingerprint density at radius 1 is 0.359 bits per heavy atom. The molecule has 8 saturated heterocycles. The molecule has 0 aromatic carbocycles. The number of aliphatic carboxylic acids is 1. The van der Waals surface area contributed by atoms with Crippen LogP contribution in [0.1, 0.15) is 20.3 Å². The number of hydrogen-bond acceptors (Lipinski definition) is 44. The number of carboxylic acids is 1. The van der Waals surface area contributed by atoms with Crippen molar-refractivity contribution >= 4 is 17.8 Å². The summed E-state index contributed by atoms with van der Waals surface area (Å²) in [5.41, 5.74) is 0. The van der Waals surface area contributed by atoms with Crippen molar-refractivity contribution in [2.75, 3.05) is 52.9 Å². The van der Waals surface area contributed by atoms with E-state index in [4.69, 9.17) is 71.1 Å². The molecule has 0 spiro atoms. The first-order chi connectivity index (χ1) is 48.6. The van der Waals surface area contributed by atoms with Crippen molar-refractivity contribution in [2.24, 2.45) is 0 Å². The van der Waals surface area contributed by atoms with Gasteiger partial charge in [-0.15, -0.1) is 0 Å². The molecule has 8 rings (SSSR count). The van der Waals surface area contributed by atoms with Gasteiger partial charge in [0, 0.05) is 20.3 Å². The Labute approximate surface area is 580 Å². The summed E-state index contributed by atoms with van der Waals surface area (Å²) in [7, 11) is 0. The van der Waals surface area contributed by atoms with Gasteiger partial charge >= 0.3 is 5.97 Å². The SMILES string of the molecule is CC(=O)N[C@H]1[C@H](O[C@H]2[C@@H](O)[C@@H](CO)O[C@@H](O[C@H]3[C@H](O)[C@@H](O)[C@H](O[C@H]4[C@H](O[C@H]5O[C@H]([C@@H](O)CO)[C@@H](O)[C@H](O)[C@@H]5O[C@H]5O[C@H](CO)[C@@H](O)[C@H](O)[C@H]5NC(C)=O)[C@H](O)[C@@H](O[C@H]5[C@@H]([C@H](O)CO)O[C@@](O)(C(=O)O)C[C@H]5O)O[C@@H]4[C@@H](O)CO)O[C@@H]3CO)[C@@H]2O)O[C@H](CO)[C@@H](O[C@@H]2O[C@H](CO)[C@H](O)[C@H](O)[C@H]2O)[C@@H]1O. The average molecular weight is 1520 g/mol. The topological polar surface area (TPSA) is 760 Å². The van der Waals surface area contributed by atoms with Crippen LogP contribution in [0.25, 0.3) is 0 Å². The molecule has 47 nitrogen and oxygen atoms in total. The number of carbonyl (C=O) groups excluding carboxylic acids is 2. The second-order valence-electron chi connectivity index (χ2n) is 25.8. The second-order valence-corrected chi connectivity index (χ2v) is 25.8. The van der Waals surface area contributed by atoms with Gasteiger partial charge in [-0.25, -0.2) is 4.79 Å². The second kappa shape index (κ2) is 36.5. The third-order valence-corrected chi connectivity index (χ3v) is 18.7. The highest BCUT2D eigenvalue weighted by atomic mass is 16.8. The summed E-state index contributed by atoms with van der Waals surface area (Å²) < 4.78 is 87.3. The quantitative estimate of drug-likeness (QED) is 0.0346. The van der Waals surface area contributed by atoms with Gasteiger partial charge in [0.25, 0.3) is 5.79 Å². The Morgan fingerprint density at radius 3 is 1.23 bits per heavy atom. The minimum atomic E-state index is -3.31. The lowest BCUT2D eigenvalue weighted by atomic mass is 9.91. The molecule has 0 aromatic rings. The molecule has 0 saturated carbocycles. The van der Waals surface area contributed by atoms with E-state index in [-0.39, 0.29) is 0 Å². The first kappa shape index (κ1) is 85.4. The summed E-state index contributed by atoms with van der Waals surface area (Å²) in [6.45, 7) is -7.62. The molecule has 0 unspecified atom stereocenters. The molecule has 0 aromatic heterocycles. The summed E-state index contributed by atoms with van der Waals surface area (Å²) in [6.07, 6.45) is -87.7. The van der Waals surface area contributed by atoms with Gasteiger partial charge in [0.05, 0.1) is 59.0 Å². The maximum absolute atomic E-state index is 12.6. The number of rotatable bonds is 28. The van der Waals surface area contributed by atoms with Gasteiger partial charge in [0.1, 0.15) is 201 Å². The van der Waals surface area contributed by atoms with Gasteiger partial charge in [-0.2, -0.15) is 0 Å². The van der Waals surface area contributed by atoms with Crippen molar-refractivity contribution in [2.45, 2.75) is 277 Å². The third-order valence-electron chi connectivity index (χ3n) is 18.7. The van der Waals surface area contributed by atoms with Gasteiger partial charge in [-0.1, -0.05) is 0 Å². The Bertz CT molecular complexity index is 2670. The molecule has 0 bridgehead atoms. The molecule has 8 heterocycles. The van der Waals surface area contributed by atoms with Crippen molar-refractivity contribution in [3.05, 3.63) is 0 Å². The van der Waals surface area contributed by atoms with Crippen LogP contribution in [0.15, 0.2) is 0 Å². The molecule has 42 atom stereocenters. The van der Waals surface area contributed by atoms with Crippen molar-refractivity contribution in [1.82, 2.24) is 10.6 Å². The number of aliphatic hydroxyl groups excluding tert-OH is 25. The molecule has 598 valence electrons. The molecule has 0 radical (unpaired) electrons. The summed E-state index contributed by atoms with van der Waals surface area (Å²) in [4.78, 5) is 37.3. The van der Waals surface area contributed by atoms with E-state index in [1.807, 2.05) is 0 Å². The van der Waals surface area contributed by atoms with Crippen LogP contribution in [-0.4, -0.2) is 466 Å². The monoisotopic (exact) mass is 1510 g/mol. The summed E-state index contributed by atoms with van der Waals surface area (Å²) in [5, 5.41) is 301. The first-order valence-electron chi connectivity index (χ1n) is 32.4. The van der Waals surface area contributed by atoms with E-state index in [1.54, 1.807) is 0 Å². The molecular formula is C56H94N2O45. The maximum atomic E-state index is 12.6. The Balaban J connectivity index is 1.11. The van der Waals surface area contributed by atoms with E-state index in [0.717, 1.165) is 13.8 Å². The standard InChI is InChI=1S/C56H94N2O45/c1-12(67)57-23-28(76)25(73)18(7-62)89-48(23)101-46-32(80)31(79)38(15(70)4-59)94-54(46)100-45-37(85)53(95-39-14(69)3-56(88,55(86)87)103-41(39)17(72)6-61)96-40(16(71)5-60)47(45)102-51-35(83)33(81)43(22(11-66)93-51)98-52-36(84)44(27(75)20(9-64)91-52)99-49-24(58-13(2)68)29(77)42(21(10-65)92-49)97-50-34(82)30(78)26(74)19(8-63)90-50/h14-54,59-66,69-85,88H,3-11H2,1-2H3,(H,57,67)(H,58,68)(H,86,87)/t14-,15+,16+,17-,18-,19-,20-,21-,22-,23-,24-,25-,26+,27+,28-,29-,30+,31+,32+,33-,34-,35-,36-,37+,38-,39-,40-,41-,42-,43-,44+,45-,46+,47-,48-,49+,50+,51+,52+,53+,54-,56-/m1/s1. The van der Waals surface area contributed by atoms with Gasteiger partial charge in [0.2, 0.25) is 11.8 Å². The molecule has 8 aliphatic heterocycles. The van der Waals surface area contributed by atoms with Crippen LogP contribution in [0, 0.1) is 0 Å². The van der Waals surface area contributed by atoms with Crippen LogP contribution in [0.5, 0.6) is 0 Å². The van der Waals surface area contributed by atoms with Crippen LogP contribution >= 0.6 is 0 Å². The van der Waals surface area contributed by atoms with Crippen molar-refractivity contribution in [1.29, 1.82) is 0 Å². The first-order valence-corrected chi connectivity index (χ1v) is 32.4. The summed E-state index contributed by atoms with van der Waals surface area (Å²) >= 11 is 0. The van der Waals surface area contributed by atoms with Crippen LogP contribution in [-0.2, 0) is 85.4 Å². The minimum absolute atomic E-state index is 0.910. The highest BCUT2D eigenvalue weighted by Crippen LogP contribution is 2.42. The predicted octanol–water partition coefficient (Wildman–Crippen LogP) is -19.6. The van der Waals surface area contributed by atoms with Crippen molar-refractivity contribution in [3.63, 3.8) is 0 Å². The number of aliphatic hydroxyl groups is 26. The number of hydrogen-bond donors (Lipinski definition) is 29. The summed E-state index contributed by atoms with van der Waals surface area (Å²) in [5.74, 6) is -7.27. The van der Waals surface area contributed by atoms with E-state index in [1.165, 1.54) is 0 Å². The van der Waals surface area contributed by atoms with E-state index in [9.17, 15) is 152 Å². The summed E-state index contributed by atoms with van der Waals surface area (Å²) in [6, 6.07) is -3.72. The Kier molecular flexibility index (Phi) is 30.3. The number of ether oxygens (including phenoxy) is 15. The Morgan fingerprint density at radius 2 is 0.718 bits per heavy atom. The number of nitrogens with one attached hydrogen (secondary N) is 2. The van der Waals surface area contributed by atoms with E-state index in [0.29, 0.717) is 0 Å². The Hall–Kier alpha value is -3.23. The molecule has 0 aliphatic carbocycles. The van der Waals surface area contributed by atoms with Crippen LogP contribution in [0.2, 0.25) is 0 Å². The molecule has 29 N–H and O–H groups in total. The van der Waals surface area contributed by atoms with E-state index >= 15 is 0 Å². The zero-order valence-electron chi connectivity index (χ0n) is 54.5. The maximum Gasteiger partial charge on any atom is 0.364 e. The van der Waals surface area contributed by atoms with Gasteiger partial charge in [0.15, 0.2) is 44.0 Å². The normalized spacial score (nSPS) is 48.7. The van der Waals surface area contributed by atoms with Gasteiger partial charge in [-0.05, 0) is 0 Å². The van der Waals surface area contributed by atoms with Crippen LogP contribution < -0.4 is 10.6 Å². The zero-order chi connectivity index (χ0) is 76.3. The average Bonchev–Trinajstić information content (AvgIpc) is 0.760. The number of carboxylic acid groups (broad SMARTS) is 1. The zero-order valence-corrected chi connectivity index (χ0v) is 54.5. The van der Waals surface area contributed by atoms with Crippen LogP contribution in [0.4, 0.5) is 0 Å². The lowest BCUT2D eigenvalue weighted by molar-refractivity contribution is -0.415.